The molecule has 0 aromatic carbocycles. The molecule has 1 atom stereocenters. The number of anilines is 1. The van der Waals surface area contributed by atoms with E-state index in [1.807, 2.05) is 0 Å². The Morgan fingerprint density at radius 2 is 2.11 bits per heavy atom. The van der Waals surface area contributed by atoms with E-state index in [1.165, 1.54) is 6.07 Å². The molecule has 1 unspecified atom stereocenters. The van der Waals surface area contributed by atoms with Gasteiger partial charge in [-0.2, -0.15) is 0 Å². The van der Waals surface area contributed by atoms with Gasteiger partial charge in [0.15, 0.2) is 0 Å². The normalized spacial score (nSPS) is 23.6. The number of amides is 1. The summed E-state index contributed by atoms with van der Waals surface area (Å²) in [5, 5.41) is 5.85. The molecule has 1 saturated carbocycles. The van der Waals surface area contributed by atoms with E-state index < -0.39 is 0 Å². The lowest BCUT2D eigenvalue weighted by molar-refractivity contribution is -0.123. The lowest BCUT2D eigenvalue weighted by Gasteiger charge is -2.23. The van der Waals surface area contributed by atoms with E-state index >= 15 is 0 Å². The Bertz CT molecular complexity index is 521. The van der Waals surface area contributed by atoms with Crippen LogP contribution in [-0.4, -0.2) is 28.5 Å². The smallest absolute Gasteiger partial charge is 0.252 e. The SMILES string of the molecule is O=C1NCCCC1Nc1cc(=O)[nH]c(C2CC2)n1. The molecule has 1 aromatic heterocycles. The van der Waals surface area contributed by atoms with Gasteiger partial charge in [0.05, 0.1) is 0 Å². The first-order valence-electron chi connectivity index (χ1n) is 6.38. The molecule has 1 aliphatic carbocycles. The molecule has 2 heterocycles. The van der Waals surface area contributed by atoms with E-state index in [1.54, 1.807) is 0 Å². The fourth-order valence-corrected chi connectivity index (χ4v) is 2.19. The first kappa shape index (κ1) is 11.3. The van der Waals surface area contributed by atoms with Crippen molar-refractivity contribution >= 4 is 11.7 Å². The molecular weight excluding hydrogens is 232 g/mol. The van der Waals surface area contributed by atoms with E-state index in [0.717, 1.165) is 38.1 Å². The van der Waals surface area contributed by atoms with Gasteiger partial charge in [-0.15, -0.1) is 0 Å². The van der Waals surface area contributed by atoms with Gasteiger partial charge in [-0.25, -0.2) is 4.98 Å². The van der Waals surface area contributed by atoms with Crippen molar-refractivity contribution < 1.29 is 4.79 Å². The summed E-state index contributed by atoms with van der Waals surface area (Å²) < 4.78 is 0. The van der Waals surface area contributed by atoms with Crippen LogP contribution in [0.1, 0.15) is 37.4 Å². The van der Waals surface area contributed by atoms with Gasteiger partial charge in [-0.05, 0) is 25.7 Å². The zero-order valence-corrected chi connectivity index (χ0v) is 10.0. The maximum absolute atomic E-state index is 11.6. The monoisotopic (exact) mass is 248 g/mol. The Kier molecular flexibility index (Phi) is 2.77. The minimum absolute atomic E-state index is 0.0173. The van der Waals surface area contributed by atoms with Gasteiger partial charge in [0, 0.05) is 18.5 Å². The number of piperidine rings is 1. The molecule has 3 rings (SSSR count). The van der Waals surface area contributed by atoms with Gasteiger partial charge in [-0.3, -0.25) is 9.59 Å². The highest BCUT2D eigenvalue weighted by molar-refractivity contribution is 5.84. The Hall–Kier alpha value is -1.85. The fourth-order valence-electron chi connectivity index (χ4n) is 2.19. The van der Waals surface area contributed by atoms with E-state index in [-0.39, 0.29) is 17.5 Å². The number of aromatic amines is 1. The Labute approximate surface area is 104 Å². The number of carbonyl (C=O) groups excluding carboxylic acids is 1. The van der Waals surface area contributed by atoms with Crippen molar-refractivity contribution in [1.82, 2.24) is 15.3 Å². The summed E-state index contributed by atoms with van der Waals surface area (Å²) >= 11 is 0. The molecule has 18 heavy (non-hydrogen) atoms. The Morgan fingerprint density at radius 1 is 1.28 bits per heavy atom. The third-order valence-corrected chi connectivity index (χ3v) is 3.33. The van der Waals surface area contributed by atoms with Crippen molar-refractivity contribution in [1.29, 1.82) is 0 Å². The summed E-state index contributed by atoms with van der Waals surface area (Å²) in [7, 11) is 0. The van der Waals surface area contributed by atoms with Crippen molar-refractivity contribution in [2.45, 2.75) is 37.6 Å². The molecule has 6 heteroatoms. The second-order valence-electron chi connectivity index (χ2n) is 4.92. The molecule has 0 spiro atoms. The van der Waals surface area contributed by atoms with Crippen molar-refractivity contribution in [2.24, 2.45) is 0 Å². The van der Waals surface area contributed by atoms with Crippen LogP contribution in [-0.2, 0) is 4.79 Å². The third kappa shape index (κ3) is 2.37. The summed E-state index contributed by atoms with van der Waals surface area (Å²) in [5.74, 6) is 1.61. The maximum atomic E-state index is 11.6. The van der Waals surface area contributed by atoms with Crippen molar-refractivity contribution in [2.75, 3.05) is 11.9 Å². The first-order valence-corrected chi connectivity index (χ1v) is 6.38. The molecule has 96 valence electrons. The Morgan fingerprint density at radius 3 is 2.83 bits per heavy atom. The third-order valence-electron chi connectivity index (χ3n) is 3.33. The average molecular weight is 248 g/mol. The quantitative estimate of drug-likeness (QED) is 0.719. The van der Waals surface area contributed by atoms with Crippen LogP contribution in [0.2, 0.25) is 0 Å². The minimum Gasteiger partial charge on any atom is -0.358 e. The van der Waals surface area contributed by atoms with Crippen LogP contribution >= 0.6 is 0 Å². The zero-order valence-electron chi connectivity index (χ0n) is 10.0. The number of aromatic nitrogens is 2. The fraction of sp³-hybridized carbons (Fsp3) is 0.583. The number of carbonyl (C=O) groups is 1. The van der Waals surface area contributed by atoms with Crippen LogP contribution in [0.25, 0.3) is 0 Å². The number of nitrogens with zero attached hydrogens (tertiary/aromatic N) is 1. The van der Waals surface area contributed by atoms with Gasteiger partial charge in [0.25, 0.3) is 5.56 Å². The molecule has 3 N–H and O–H groups in total. The van der Waals surface area contributed by atoms with E-state index in [4.69, 9.17) is 0 Å². The van der Waals surface area contributed by atoms with E-state index in [9.17, 15) is 9.59 Å². The molecule has 6 nitrogen and oxygen atoms in total. The molecule has 0 bridgehead atoms. The molecule has 1 aliphatic heterocycles. The largest absolute Gasteiger partial charge is 0.358 e. The van der Waals surface area contributed by atoms with Crippen molar-refractivity contribution in [3.05, 3.63) is 22.2 Å². The minimum atomic E-state index is -0.278. The van der Waals surface area contributed by atoms with Gasteiger partial charge in [-0.1, -0.05) is 0 Å². The average Bonchev–Trinajstić information content (AvgIpc) is 3.15. The maximum Gasteiger partial charge on any atom is 0.252 e. The lowest BCUT2D eigenvalue weighted by atomic mass is 10.1. The van der Waals surface area contributed by atoms with Crippen LogP contribution in [0.15, 0.2) is 10.9 Å². The molecular formula is C12H16N4O2. The van der Waals surface area contributed by atoms with E-state index in [2.05, 4.69) is 20.6 Å². The predicted molar refractivity (Wildman–Crippen MR) is 66.5 cm³/mol. The van der Waals surface area contributed by atoms with Gasteiger partial charge in [0.2, 0.25) is 5.91 Å². The highest BCUT2D eigenvalue weighted by atomic mass is 16.2. The molecule has 2 aliphatic rings. The molecule has 1 saturated heterocycles. The molecule has 2 fully saturated rings. The van der Waals surface area contributed by atoms with E-state index in [0.29, 0.717) is 11.7 Å². The second-order valence-corrected chi connectivity index (χ2v) is 4.92. The molecule has 0 radical (unpaired) electrons. The number of hydrogen-bond donors (Lipinski definition) is 3. The van der Waals surface area contributed by atoms with Crippen LogP contribution in [0, 0.1) is 0 Å². The van der Waals surface area contributed by atoms with Gasteiger partial charge in [0.1, 0.15) is 17.7 Å². The summed E-state index contributed by atoms with van der Waals surface area (Å²) in [6.07, 6.45) is 3.88. The summed E-state index contributed by atoms with van der Waals surface area (Å²) in [5.41, 5.74) is -0.161. The van der Waals surface area contributed by atoms with Crippen molar-refractivity contribution in [3.63, 3.8) is 0 Å². The second kappa shape index (κ2) is 4.44. The van der Waals surface area contributed by atoms with Crippen molar-refractivity contribution in [3.8, 4) is 0 Å². The van der Waals surface area contributed by atoms with Crippen LogP contribution < -0.4 is 16.2 Å². The highest BCUT2D eigenvalue weighted by Gasteiger charge is 2.27. The summed E-state index contributed by atoms with van der Waals surface area (Å²) in [4.78, 5) is 30.3. The molecule has 1 aromatic rings. The number of nitrogens with one attached hydrogen (secondary N) is 3. The summed E-state index contributed by atoms with van der Waals surface area (Å²) in [6.45, 7) is 0.729. The number of hydrogen-bond acceptors (Lipinski definition) is 4. The topological polar surface area (TPSA) is 86.9 Å². The summed E-state index contributed by atoms with van der Waals surface area (Å²) in [6, 6.07) is 1.13. The van der Waals surface area contributed by atoms with Crippen LogP contribution in [0.3, 0.4) is 0 Å². The number of H-pyrrole nitrogens is 1. The number of rotatable bonds is 3. The first-order chi connectivity index (χ1) is 8.72. The van der Waals surface area contributed by atoms with Crippen LogP contribution in [0.5, 0.6) is 0 Å². The van der Waals surface area contributed by atoms with Crippen LogP contribution in [0.4, 0.5) is 5.82 Å². The lowest BCUT2D eigenvalue weighted by Crippen LogP contribution is -2.44. The van der Waals surface area contributed by atoms with Gasteiger partial charge < -0.3 is 15.6 Å². The standard InChI is InChI=1S/C12H16N4O2/c17-10-6-9(15-11(16-10)7-3-4-7)14-8-2-1-5-13-12(8)18/h6-8H,1-5H2,(H,13,18)(H2,14,15,16,17). The predicted octanol–water partition coefficient (Wildman–Crippen LogP) is 0.338. The molecule has 1 amide bonds. The Balaban J connectivity index is 1.78. The van der Waals surface area contributed by atoms with Gasteiger partial charge >= 0.3 is 0 Å². The zero-order chi connectivity index (χ0) is 12.5. The highest BCUT2D eigenvalue weighted by Crippen LogP contribution is 2.37.